The Morgan fingerprint density at radius 2 is 1.58 bits per heavy atom. The zero-order valence-electron chi connectivity index (χ0n) is 48.8. The molecule has 0 radical (unpaired) electrons. The number of nitrogen functional groups attached to an aromatic ring is 1. The lowest BCUT2D eigenvalue weighted by Crippen LogP contribution is -2.47. The van der Waals surface area contributed by atoms with Gasteiger partial charge in [-0.15, -0.1) is 0 Å². The van der Waals surface area contributed by atoms with Crippen molar-refractivity contribution < 1.29 is 102 Å². The molecule has 3 aromatic carbocycles. The minimum atomic E-state index is -5.68. The van der Waals surface area contributed by atoms with Crippen molar-refractivity contribution in [3.63, 3.8) is 0 Å². The summed E-state index contributed by atoms with van der Waals surface area (Å²) in [6, 6.07) is 13.4. The Hall–Kier alpha value is -6.88. The van der Waals surface area contributed by atoms with E-state index in [1.165, 1.54) is 13.0 Å². The number of benzene rings is 3. The Kier molecular flexibility index (Phi) is 20.0. The van der Waals surface area contributed by atoms with Crippen LogP contribution in [0.25, 0.3) is 38.3 Å². The van der Waals surface area contributed by atoms with Crippen molar-refractivity contribution in [3.8, 4) is 11.5 Å². The number of carboxylic acids is 1. The Morgan fingerprint density at radius 1 is 0.900 bits per heavy atom. The van der Waals surface area contributed by atoms with Crippen LogP contribution in [0.5, 0.6) is 11.5 Å². The molecule has 1 saturated heterocycles. The van der Waals surface area contributed by atoms with E-state index in [1.54, 1.807) is 54.6 Å². The molecule has 4 aliphatic heterocycles. The molecule has 11 N–H and O–H groups in total. The molecule has 7 atom stereocenters. The molecule has 1 fully saturated rings. The van der Waals surface area contributed by atoms with Crippen LogP contribution in [0, 0.1) is 0 Å². The summed E-state index contributed by atoms with van der Waals surface area (Å²) in [5.74, 6) is -2.55. The minimum absolute atomic E-state index is 0.000141. The van der Waals surface area contributed by atoms with Crippen LogP contribution in [0.15, 0.2) is 72.1 Å². The number of ether oxygens (including phenoxy) is 2. The van der Waals surface area contributed by atoms with Gasteiger partial charge in [0.1, 0.15) is 48.1 Å². The number of nitrogens with zero attached hydrogens (tertiary/aromatic N) is 9. The number of aromatic nitrogens is 4. The first-order valence-corrected chi connectivity index (χ1v) is 34.6. The van der Waals surface area contributed by atoms with Crippen LogP contribution in [-0.2, 0) is 56.6 Å². The number of phosphoric acid groups is 2. The molecule has 39 heteroatoms. The van der Waals surface area contributed by atoms with Crippen LogP contribution in [0.4, 0.5) is 17.5 Å². The van der Waals surface area contributed by atoms with Gasteiger partial charge in [-0.3, -0.25) is 18.4 Å². The highest BCUT2D eigenvalue weighted by Crippen LogP contribution is 2.66. The van der Waals surface area contributed by atoms with Gasteiger partial charge >= 0.3 is 29.4 Å². The monoisotopic (exact) mass is 1350 g/mol. The number of carbonyl (C=O) groups excluding carboxylic acids is 1. The molecule has 9 rings (SSSR count). The number of imidazole rings is 1. The second-order valence-electron chi connectivity index (χ2n) is 22.1. The van der Waals surface area contributed by atoms with Crippen LogP contribution in [0.2, 0.25) is 0 Å². The number of anilines is 2. The summed E-state index contributed by atoms with van der Waals surface area (Å²) in [5, 5.41) is 40.0. The number of aromatic carboxylic acids is 1. The first-order chi connectivity index (χ1) is 41.7. The van der Waals surface area contributed by atoms with E-state index in [1.807, 2.05) is 56.4 Å². The largest absolute Gasteiger partial charge is 0.748 e. The number of azide groups is 1. The van der Waals surface area contributed by atoms with Gasteiger partial charge in [0.2, 0.25) is 17.2 Å². The third-order valence-corrected chi connectivity index (χ3v) is 20.6. The molecule has 486 valence electrons. The number of aliphatic hydroxyl groups excluding tert-OH is 2. The van der Waals surface area contributed by atoms with E-state index in [-0.39, 0.29) is 40.9 Å². The lowest BCUT2D eigenvalue weighted by Gasteiger charge is -2.42. The highest BCUT2D eigenvalue weighted by molar-refractivity contribution is 7.86. The fourth-order valence-corrected chi connectivity index (χ4v) is 15.4. The van der Waals surface area contributed by atoms with Gasteiger partial charge in [0.05, 0.1) is 51.5 Å². The zero-order valence-corrected chi connectivity index (χ0v) is 53.1. The van der Waals surface area contributed by atoms with Gasteiger partial charge in [-0.1, -0.05) is 30.7 Å². The molecule has 0 spiro atoms. The summed E-state index contributed by atoms with van der Waals surface area (Å²) in [4.78, 5) is 68.9. The number of phosphoric ester groups is 1. The molecule has 2 aromatic heterocycles. The van der Waals surface area contributed by atoms with Crippen molar-refractivity contribution >= 4 is 101 Å². The van der Waals surface area contributed by atoms with E-state index in [0.717, 1.165) is 10.9 Å². The molecule has 0 saturated carbocycles. The first kappa shape index (κ1) is 69.0. The van der Waals surface area contributed by atoms with Crippen molar-refractivity contribution in [2.24, 2.45) is 5.11 Å². The molecule has 6 heterocycles. The van der Waals surface area contributed by atoms with Crippen LogP contribution in [0.1, 0.15) is 92.7 Å². The van der Waals surface area contributed by atoms with Crippen molar-refractivity contribution in [2.75, 3.05) is 55.9 Å². The average molecular weight is 1350 g/mol. The van der Waals surface area contributed by atoms with Crippen LogP contribution in [-0.4, -0.2) is 162 Å². The van der Waals surface area contributed by atoms with Crippen molar-refractivity contribution in [3.05, 3.63) is 116 Å². The number of unbranched alkanes of at least 4 members (excludes halogenated alkanes) is 2. The molecular weight excluding hydrogens is 1290 g/mol. The predicted octanol–water partition coefficient (Wildman–Crippen LogP) is 3.30. The highest BCUT2D eigenvalue weighted by atomic mass is 32.2. The summed E-state index contributed by atoms with van der Waals surface area (Å²) in [6.45, 7) is 8.20. The second-order valence-corrected chi connectivity index (χ2v) is 29.7. The lowest BCUT2D eigenvalue weighted by atomic mass is 9.83. The molecule has 4 unspecified atom stereocenters. The van der Waals surface area contributed by atoms with E-state index < -0.39 is 103 Å². The van der Waals surface area contributed by atoms with E-state index in [4.69, 9.17) is 20.7 Å². The molecule has 0 aliphatic carbocycles. The van der Waals surface area contributed by atoms with Crippen molar-refractivity contribution in [1.82, 2.24) is 34.5 Å². The fourth-order valence-electron chi connectivity index (χ4n) is 10.4. The second kappa shape index (κ2) is 26.0. The van der Waals surface area contributed by atoms with Gasteiger partial charge < -0.3 is 60.0 Å². The Balaban J connectivity index is 0.000000234. The van der Waals surface area contributed by atoms with Crippen molar-refractivity contribution in [1.29, 1.82) is 0 Å². The predicted molar refractivity (Wildman–Crippen MR) is 320 cm³/mol. The quantitative estimate of drug-likeness (QED) is 0.00886. The third kappa shape index (κ3) is 15.9. The van der Waals surface area contributed by atoms with Gasteiger partial charge in [-0.05, 0) is 78.3 Å². The number of fused-ring (bicyclic) bond motifs is 5. The summed E-state index contributed by atoms with van der Waals surface area (Å²) in [7, 11) is -21.6. The summed E-state index contributed by atoms with van der Waals surface area (Å²) in [6.07, 6.45) is -0.409. The molecule has 90 heavy (non-hydrogen) atoms. The molecule has 4 aliphatic rings. The smallest absolute Gasteiger partial charge is 0.489 e. The SMILES string of the molecule is CC(=O)NCCCCCNP(=O)(O)OP(=O)(O)OP(=O)(O)OC[C@@H]1O[C@H](n2cnc3c(N)nc(N=[N+]=[N-])nc32)[C@H](O)C1O.CN1c2cc3c(cc2C(CS(=O)(=O)[O-])=CC1(C)C)C(c1ccccc1C(=O)O)=c1cc2c(cc1O3)=[N+](C)C(C)(C)C=C2CS(=O)(=O)O. The lowest BCUT2D eigenvalue weighted by molar-refractivity contribution is -0.118. The Morgan fingerprint density at radius 3 is 2.23 bits per heavy atom. The number of hydrogen-bond acceptors (Lipinski definition) is 23. The van der Waals surface area contributed by atoms with Crippen LogP contribution < -0.4 is 40.9 Å². The maximum Gasteiger partial charge on any atom is 0.489 e. The number of carboxylic acid groups (broad SMARTS) is 1. The first-order valence-electron chi connectivity index (χ1n) is 26.9. The molecule has 34 nitrogen and oxygen atoms in total. The van der Waals surface area contributed by atoms with Gasteiger partial charge in [-0.25, -0.2) is 51.5 Å². The fraction of sp³-hybridized carbons (Fsp3) is 0.412. The molecule has 0 bridgehead atoms. The molecule has 5 aromatic rings. The van der Waals surface area contributed by atoms with Gasteiger partial charge in [0.15, 0.2) is 23.2 Å². The van der Waals surface area contributed by atoms with E-state index in [9.17, 15) is 79.2 Å². The number of nitrogens with one attached hydrogen (secondary N) is 2. The number of aliphatic hydroxyl groups is 2. The number of amides is 1. The number of hydrogen-bond donors (Lipinski definition) is 10. The number of likely N-dealkylation sites (N-methyl/N-ethyl adjacent to an activating group) is 2. The van der Waals surface area contributed by atoms with Gasteiger partial charge in [0.25, 0.3) is 10.1 Å². The maximum atomic E-state index is 12.5. The normalized spacial score (nSPS) is 21.0. The summed E-state index contributed by atoms with van der Waals surface area (Å²) < 4.78 is 135. The average Bonchev–Trinajstić information content (AvgIpc) is 0.855. The van der Waals surface area contributed by atoms with E-state index in [0.29, 0.717) is 92.5 Å². The topological polar surface area (TPSA) is 513 Å². The zero-order chi connectivity index (χ0) is 66.4. The van der Waals surface area contributed by atoms with Crippen LogP contribution >= 0.6 is 23.4 Å². The van der Waals surface area contributed by atoms with Crippen molar-refractivity contribution in [2.45, 2.75) is 89.5 Å². The molecular formula is C51H63N12O22P3S2. The van der Waals surface area contributed by atoms with Gasteiger partial charge in [0, 0.05) is 79.5 Å². The summed E-state index contributed by atoms with van der Waals surface area (Å²) >= 11 is 0. The van der Waals surface area contributed by atoms with E-state index in [2.05, 4.69) is 43.4 Å². The third-order valence-electron chi connectivity index (χ3n) is 14.8. The van der Waals surface area contributed by atoms with E-state index >= 15 is 0 Å². The summed E-state index contributed by atoms with van der Waals surface area (Å²) in [5.41, 5.74) is 16.6. The van der Waals surface area contributed by atoms with Crippen LogP contribution in [0.3, 0.4) is 0 Å². The highest BCUT2D eigenvalue weighted by Gasteiger charge is 2.47. The number of rotatable bonds is 22. The minimum Gasteiger partial charge on any atom is -0.748 e. The number of nitrogens with two attached hydrogens (primary N) is 1. The standard InChI is InChI=1S/C34H34N2O9S2.C17H29N10O13P3/c1-33(2)15-19(17-46(39,40)41)23-11-25-29(13-27(23)35(33)5)45-30-14-28-24(20(18-47(42,43)44)16-34(3,4)36(28)6)12-26(30)31(25)21-9-7-8-10-22(21)32(37)38;1-9(28)20-5-3-2-4-6-22-41(31,32)39-43(35,36)40-42(33,34)37-7-10-12(29)13(30)16(38-10)27-8-21-11-14(18)23-17(25-26-19)24-15(11)27/h7-16H,17-18H2,1-6H3,(H2-,37,38,39,40,41,42,43,44);8,10,12-13,16,29-30H,2-7H2,1H3,(H,20,28)(H,33,34)(H,35,36)(H2,18,23,24)(H2,22,31,32)/t;10-,12?,13+,16-/m.0/s1. The Labute approximate surface area is 512 Å². The Bertz CT molecular complexity index is 4390. The maximum absolute atomic E-state index is 12.5. The molecule has 1 amide bonds. The van der Waals surface area contributed by atoms with Gasteiger partial charge in [-0.2, -0.15) is 17.0 Å². The number of carbonyl (C=O) groups is 2.